The summed E-state index contributed by atoms with van der Waals surface area (Å²) in [4.78, 5) is 12.4. The molecule has 2 aromatic carbocycles. The highest BCUT2D eigenvalue weighted by molar-refractivity contribution is 7.99. The normalized spacial score (nSPS) is 18.3. The van der Waals surface area contributed by atoms with Crippen LogP contribution in [0.15, 0.2) is 65.8 Å². The Labute approximate surface area is 174 Å². The SMILES string of the molecule is c1ccc2c(c1)SCN2c1ccc(Oc2nccnc2NC2CCCOC2)cc1. The first-order valence-electron chi connectivity index (χ1n) is 9.79. The molecule has 1 N–H and O–H groups in total. The van der Waals surface area contributed by atoms with E-state index in [4.69, 9.17) is 9.47 Å². The van der Waals surface area contributed by atoms with Crippen molar-refractivity contribution in [3.05, 3.63) is 60.9 Å². The lowest BCUT2D eigenvalue weighted by Crippen LogP contribution is -2.30. The number of hydrogen-bond acceptors (Lipinski definition) is 7. The Morgan fingerprint density at radius 3 is 2.79 bits per heavy atom. The Hall–Kier alpha value is -2.77. The lowest BCUT2D eigenvalue weighted by atomic mass is 10.1. The molecule has 1 unspecified atom stereocenters. The highest BCUT2D eigenvalue weighted by atomic mass is 32.2. The van der Waals surface area contributed by atoms with Crippen LogP contribution in [0.1, 0.15) is 12.8 Å². The summed E-state index contributed by atoms with van der Waals surface area (Å²) in [6.45, 7) is 1.51. The Balaban J connectivity index is 1.31. The number of nitrogens with one attached hydrogen (secondary N) is 1. The molecule has 148 valence electrons. The molecule has 3 aromatic rings. The third-order valence-electron chi connectivity index (χ3n) is 5.03. The lowest BCUT2D eigenvalue weighted by Gasteiger charge is -2.24. The van der Waals surface area contributed by atoms with Crippen LogP contribution in [-0.4, -0.2) is 35.1 Å². The number of anilines is 3. The van der Waals surface area contributed by atoms with Gasteiger partial charge in [-0.05, 0) is 49.2 Å². The summed E-state index contributed by atoms with van der Waals surface area (Å²) >= 11 is 1.85. The molecule has 1 fully saturated rings. The fourth-order valence-corrected chi connectivity index (χ4v) is 4.63. The van der Waals surface area contributed by atoms with Gasteiger partial charge >= 0.3 is 0 Å². The number of ether oxygens (including phenoxy) is 2. The number of benzene rings is 2. The Bertz CT molecular complexity index is 977. The van der Waals surface area contributed by atoms with Crippen molar-refractivity contribution in [2.24, 2.45) is 0 Å². The molecule has 0 saturated carbocycles. The zero-order valence-corrected chi connectivity index (χ0v) is 16.8. The molecule has 0 aliphatic carbocycles. The first-order valence-corrected chi connectivity index (χ1v) is 10.8. The van der Waals surface area contributed by atoms with Gasteiger partial charge in [0, 0.05) is 29.6 Å². The van der Waals surface area contributed by atoms with Crippen molar-refractivity contribution in [3.63, 3.8) is 0 Å². The summed E-state index contributed by atoms with van der Waals surface area (Å²) in [5.74, 6) is 2.78. The van der Waals surface area contributed by atoms with E-state index >= 15 is 0 Å². The van der Waals surface area contributed by atoms with Gasteiger partial charge in [-0.3, -0.25) is 0 Å². The summed E-state index contributed by atoms with van der Waals surface area (Å²) in [6, 6.07) is 16.8. The largest absolute Gasteiger partial charge is 0.436 e. The van der Waals surface area contributed by atoms with E-state index < -0.39 is 0 Å². The molecule has 1 aromatic heterocycles. The molecule has 1 saturated heterocycles. The number of rotatable bonds is 5. The van der Waals surface area contributed by atoms with E-state index in [1.807, 2.05) is 23.9 Å². The Morgan fingerprint density at radius 2 is 1.93 bits per heavy atom. The highest BCUT2D eigenvalue weighted by Crippen LogP contribution is 2.42. The molecule has 0 radical (unpaired) electrons. The van der Waals surface area contributed by atoms with Gasteiger partial charge in [0.2, 0.25) is 0 Å². The predicted octanol–water partition coefficient (Wildman–Crippen LogP) is 5.06. The maximum Gasteiger partial charge on any atom is 0.262 e. The van der Waals surface area contributed by atoms with Crippen molar-refractivity contribution < 1.29 is 9.47 Å². The standard InChI is InChI=1S/C22H22N4O2S/c1-2-6-20-19(5-1)26(15-29-20)17-7-9-18(10-8-17)28-22-21(23-11-12-24-22)25-16-4-3-13-27-14-16/h1-2,5-12,16H,3-4,13-15H2,(H,23,25). The number of aromatic nitrogens is 2. The van der Waals surface area contributed by atoms with Gasteiger partial charge in [-0.25, -0.2) is 9.97 Å². The van der Waals surface area contributed by atoms with Gasteiger partial charge in [0.05, 0.1) is 24.2 Å². The van der Waals surface area contributed by atoms with Crippen LogP contribution < -0.4 is 15.0 Å². The number of para-hydroxylation sites is 1. The van der Waals surface area contributed by atoms with Crippen LogP contribution in [0.2, 0.25) is 0 Å². The molecule has 7 heteroatoms. The van der Waals surface area contributed by atoms with E-state index in [1.54, 1.807) is 12.4 Å². The van der Waals surface area contributed by atoms with Crippen LogP contribution in [0, 0.1) is 0 Å². The van der Waals surface area contributed by atoms with E-state index in [2.05, 4.69) is 56.6 Å². The summed E-state index contributed by atoms with van der Waals surface area (Å²) in [5, 5.41) is 3.40. The molecule has 5 rings (SSSR count). The van der Waals surface area contributed by atoms with Crippen molar-refractivity contribution >= 4 is 29.0 Å². The zero-order valence-electron chi connectivity index (χ0n) is 16.0. The van der Waals surface area contributed by atoms with E-state index in [9.17, 15) is 0 Å². The molecule has 0 spiro atoms. The maximum absolute atomic E-state index is 6.04. The van der Waals surface area contributed by atoms with Crippen LogP contribution in [0.3, 0.4) is 0 Å². The van der Waals surface area contributed by atoms with E-state index in [-0.39, 0.29) is 6.04 Å². The van der Waals surface area contributed by atoms with Crippen molar-refractivity contribution in [2.75, 3.05) is 29.3 Å². The van der Waals surface area contributed by atoms with Gasteiger partial charge in [-0.15, -0.1) is 11.8 Å². The molecule has 1 atom stereocenters. The third-order valence-corrected chi connectivity index (χ3v) is 6.08. The van der Waals surface area contributed by atoms with Crippen molar-refractivity contribution in [1.82, 2.24) is 9.97 Å². The Morgan fingerprint density at radius 1 is 1.07 bits per heavy atom. The van der Waals surface area contributed by atoms with Crippen molar-refractivity contribution in [3.8, 4) is 11.6 Å². The number of fused-ring (bicyclic) bond motifs is 1. The molecular formula is C22H22N4O2S. The van der Waals surface area contributed by atoms with Crippen LogP contribution in [0.5, 0.6) is 11.6 Å². The van der Waals surface area contributed by atoms with E-state index in [0.29, 0.717) is 18.3 Å². The average Bonchev–Trinajstić information content (AvgIpc) is 3.21. The minimum atomic E-state index is 0.234. The summed E-state index contributed by atoms with van der Waals surface area (Å²) in [5.41, 5.74) is 2.40. The monoisotopic (exact) mass is 406 g/mol. The second-order valence-corrected chi connectivity index (χ2v) is 8.02. The first kappa shape index (κ1) is 18.3. The molecule has 29 heavy (non-hydrogen) atoms. The fourth-order valence-electron chi connectivity index (χ4n) is 3.57. The van der Waals surface area contributed by atoms with Crippen molar-refractivity contribution in [1.29, 1.82) is 0 Å². The molecule has 2 aliphatic heterocycles. The van der Waals surface area contributed by atoms with E-state index in [0.717, 1.165) is 36.8 Å². The van der Waals surface area contributed by atoms with E-state index in [1.165, 1.54) is 10.6 Å². The molecule has 6 nitrogen and oxygen atoms in total. The molecule has 2 aliphatic rings. The quantitative estimate of drug-likeness (QED) is 0.635. The third kappa shape index (κ3) is 4.02. The summed E-state index contributed by atoms with van der Waals surface area (Å²) < 4.78 is 11.6. The van der Waals surface area contributed by atoms with Crippen LogP contribution >= 0.6 is 11.8 Å². The second kappa shape index (κ2) is 8.31. The fraction of sp³-hybridized carbons (Fsp3) is 0.273. The summed E-state index contributed by atoms with van der Waals surface area (Å²) in [6.07, 6.45) is 5.42. The van der Waals surface area contributed by atoms with Gasteiger partial charge in [0.1, 0.15) is 5.75 Å². The molecule has 0 amide bonds. The van der Waals surface area contributed by atoms with Crippen LogP contribution in [-0.2, 0) is 4.74 Å². The summed E-state index contributed by atoms with van der Waals surface area (Å²) in [7, 11) is 0. The topological polar surface area (TPSA) is 59.5 Å². The van der Waals surface area contributed by atoms with Gasteiger partial charge in [-0.1, -0.05) is 12.1 Å². The van der Waals surface area contributed by atoms with Gasteiger partial charge in [-0.2, -0.15) is 0 Å². The lowest BCUT2D eigenvalue weighted by molar-refractivity contribution is 0.0874. The van der Waals surface area contributed by atoms with Crippen molar-refractivity contribution in [2.45, 2.75) is 23.8 Å². The van der Waals surface area contributed by atoms with Gasteiger partial charge in [0.25, 0.3) is 5.88 Å². The second-order valence-electron chi connectivity index (χ2n) is 7.03. The Kier molecular flexibility index (Phi) is 5.23. The number of thioether (sulfide) groups is 1. The highest BCUT2D eigenvalue weighted by Gasteiger charge is 2.21. The van der Waals surface area contributed by atoms with Crippen LogP contribution in [0.4, 0.5) is 17.2 Å². The first-order chi connectivity index (χ1) is 14.4. The van der Waals surface area contributed by atoms with Gasteiger partial charge < -0.3 is 19.7 Å². The molecule has 3 heterocycles. The molecule has 0 bridgehead atoms. The number of nitrogens with zero attached hydrogens (tertiary/aromatic N) is 3. The predicted molar refractivity (Wildman–Crippen MR) is 115 cm³/mol. The number of hydrogen-bond donors (Lipinski definition) is 1. The smallest absolute Gasteiger partial charge is 0.262 e. The average molecular weight is 407 g/mol. The van der Waals surface area contributed by atoms with Gasteiger partial charge in [0.15, 0.2) is 5.82 Å². The molecular weight excluding hydrogens is 384 g/mol. The maximum atomic E-state index is 6.04. The minimum Gasteiger partial charge on any atom is -0.436 e. The minimum absolute atomic E-state index is 0.234. The zero-order chi connectivity index (χ0) is 19.5. The van der Waals surface area contributed by atoms with Crippen LogP contribution in [0.25, 0.3) is 0 Å².